The van der Waals surface area contributed by atoms with E-state index in [9.17, 15) is 19.3 Å². The Hall–Kier alpha value is -3.00. The molecule has 8 heteroatoms. The fraction of sp³-hybridized carbons (Fsp3) is 0.0588. The zero-order valence-corrected chi connectivity index (χ0v) is 13.9. The fourth-order valence-electron chi connectivity index (χ4n) is 2.26. The molecule has 0 amide bonds. The summed E-state index contributed by atoms with van der Waals surface area (Å²) in [5.74, 6) is -0.747. The molecule has 0 N–H and O–H groups in total. The van der Waals surface area contributed by atoms with Gasteiger partial charge < -0.3 is 0 Å². The van der Waals surface area contributed by atoms with Gasteiger partial charge in [-0.15, -0.1) is 11.8 Å². The summed E-state index contributed by atoms with van der Waals surface area (Å²) in [5.41, 5.74) is 1.43. The summed E-state index contributed by atoms with van der Waals surface area (Å²) in [7, 11) is 0. The highest BCUT2D eigenvalue weighted by Gasteiger charge is 2.17. The van der Waals surface area contributed by atoms with Crippen molar-refractivity contribution in [1.29, 1.82) is 0 Å². The maximum Gasteiger partial charge on any atom is 0.279 e. The van der Waals surface area contributed by atoms with Gasteiger partial charge in [0.15, 0.2) is 0 Å². The summed E-state index contributed by atoms with van der Waals surface area (Å²) in [6, 6.07) is 12.9. The van der Waals surface area contributed by atoms with E-state index in [0.29, 0.717) is 16.3 Å². The maximum absolute atomic E-state index is 13.1. The van der Waals surface area contributed by atoms with E-state index in [0.717, 1.165) is 0 Å². The molecule has 0 spiro atoms. The van der Waals surface area contributed by atoms with Crippen LogP contribution in [0.15, 0.2) is 59.6 Å². The van der Waals surface area contributed by atoms with Crippen molar-refractivity contribution in [2.75, 3.05) is 6.26 Å². The molecule has 126 valence electrons. The van der Waals surface area contributed by atoms with Crippen molar-refractivity contribution in [3.05, 3.63) is 76.1 Å². The summed E-state index contributed by atoms with van der Waals surface area (Å²) in [6.07, 6.45) is 1.81. The third kappa shape index (κ3) is 3.43. The van der Waals surface area contributed by atoms with Crippen molar-refractivity contribution in [1.82, 2.24) is 9.78 Å². The Morgan fingerprint density at radius 3 is 2.36 bits per heavy atom. The second-order valence-electron chi connectivity index (χ2n) is 5.10. The zero-order chi connectivity index (χ0) is 18.0. The number of nitro benzene ring substituents is 1. The molecule has 0 saturated heterocycles. The van der Waals surface area contributed by atoms with Gasteiger partial charge in [-0.1, -0.05) is 0 Å². The topological polar surface area (TPSA) is 78.0 Å². The van der Waals surface area contributed by atoms with Crippen LogP contribution < -0.4 is 0 Å². The molecule has 0 saturated carbocycles. The normalized spacial score (nSPS) is 10.6. The van der Waals surface area contributed by atoms with Gasteiger partial charge in [0, 0.05) is 23.3 Å². The second-order valence-corrected chi connectivity index (χ2v) is 5.93. The van der Waals surface area contributed by atoms with E-state index in [4.69, 9.17) is 0 Å². The first-order valence-electron chi connectivity index (χ1n) is 7.19. The highest BCUT2D eigenvalue weighted by molar-refractivity contribution is 7.98. The Balaban J connectivity index is 1.97. The quantitative estimate of drug-likeness (QED) is 0.400. The summed E-state index contributed by atoms with van der Waals surface area (Å²) in [4.78, 5) is 22.8. The van der Waals surface area contributed by atoms with Crippen LogP contribution in [0, 0.1) is 15.9 Å². The van der Waals surface area contributed by atoms with Crippen LogP contribution in [-0.4, -0.2) is 26.9 Å². The largest absolute Gasteiger partial charge is 0.279 e. The van der Waals surface area contributed by atoms with Crippen molar-refractivity contribution in [2.24, 2.45) is 0 Å². The van der Waals surface area contributed by atoms with Crippen molar-refractivity contribution >= 4 is 23.4 Å². The number of thioether (sulfide) groups is 1. The van der Waals surface area contributed by atoms with E-state index >= 15 is 0 Å². The number of benzene rings is 2. The van der Waals surface area contributed by atoms with Crippen LogP contribution in [0.2, 0.25) is 0 Å². The van der Waals surface area contributed by atoms with Crippen molar-refractivity contribution < 1.29 is 14.1 Å². The highest BCUT2D eigenvalue weighted by Crippen LogP contribution is 2.25. The number of aromatic nitrogens is 2. The predicted molar refractivity (Wildman–Crippen MR) is 92.2 cm³/mol. The number of halogens is 1. The summed E-state index contributed by atoms with van der Waals surface area (Å²) >= 11 is 1.34. The number of carbonyl (C=O) groups is 1. The Morgan fingerprint density at radius 1 is 1.16 bits per heavy atom. The summed E-state index contributed by atoms with van der Waals surface area (Å²) in [5, 5.41) is 15.6. The zero-order valence-electron chi connectivity index (χ0n) is 13.0. The molecular formula is C17H12FN3O3S. The first kappa shape index (κ1) is 16.8. The molecule has 0 bridgehead atoms. The molecule has 3 aromatic rings. The van der Waals surface area contributed by atoms with Crippen LogP contribution in [0.3, 0.4) is 0 Å². The number of rotatable bonds is 4. The van der Waals surface area contributed by atoms with Crippen LogP contribution in [0.1, 0.15) is 10.4 Å². The highest BCUT2D eigenvalue weighted by atomic mass is 32.2. The first-order valence-corrected chi connectivity index (χ1v) is 8.41. The predicted octanol–water partition coefficient (Wildman–Crippen LogP) is 4.01. The Bertz CT molecular complexity index is 937. The van der Waals surface area contributed by atoms with E-state index in [2.05, 4.69) is 5.10 Å². The molecule has 1 aromatic heterocycles. The fourth-order valence-corrected chi connectivity index (χ4v) is 2.79. The van der Waals surface area contributed by atoms with Gasteiger partial charge >= 0.3 is 0 Å². The van der Waals surface area contributed by atoms with E-state index in [1.54, 1.807) is 18.2 Å². The smallest absolute Gasteiger partial charge is 0.267 e. The molecule has 0 aliphatic carbocycles. The second kappa shape index (κ2) is 6.86. The average molecular weight is 357 g/mol. The maximum atomic E-state index is 13.1. The van der Waals surface area contributed by atoms with E-state index in [-0.39, 0.29) is 17.1 Å². The lowest BCUT2D eigenvalue weighted by molar-refractivity contribution is -0.384. The van der Waals surface area contributed by atoms with Crippen LogP contribution >= 0.6 is 11.8 Å². The molecule has 0 radical (unpaired) electrons. The summed E-state index contributed by atoms with van der Waals surface area (Å²) < 4.78 is 14.3. The Morgan fingerprint density at radius 2 is 1.80 bits per heavy atom. The molecule has 0 atom stereocenters. The van der Waals surface area contributed by atoms with Crippen LogP contribution in [0.5, 0.6) is 0 Å². The van der Waals surface area contributed by atoms with Crippen LogP contribution in [0.25, 0.3) is 11.3 Å². The van der Waals surface area contributed by atoms with Gasteiger partial charge in [-0.25, -0.2) is 4.39 Å². The lowest BCUT2D eigenvalue weighted by atomic mass is 10.1. The third-order valence-electron chi connectivity index (χ3n) is 3.54. The van der Waals surface area contributed by atoms with Gasteiger partial charge in [0.2, 0.25) is 0 Å². The van der Waals surface area contributed by atoms with E-state index in [1.807, 2.05) is 6.26 Å². The van der Waals surface area contributed by atoms with Gasteiger partial charge in [-0.2, -0.15) is 9.78 Å². The Labute approximate surface area is 146 Å². The van der Waals surface area contributed by atoms with Crippen LogP contribution in [0.4, 0.5) is 10.1 Å². The third-order valence-corrected chi connectivity index (χ3v) is 4.25. The van der Waals surface area contributed by atoms with Crippen molar-refractivity contribution in [3.8, 4) is 11.3 Å². The van der Waals surface area contributed by atoms with Gasteiger partial charge in [-0.3, -0.25) is 14.9 Å². The van der Waals surface area contributed by atoms with E-state index in [1.165, 1.54) is 52.8 Å². The minimum absolute atomic E-state index is 0.0888. The molecule has 0 aliphatic heterocycles. The Kier molecular flexibility index (Phi) is 4.62. The number of nitrogens with zero attached hydrogens (tertiary/aromatic N) is 3. The minimum Gasteiger partial charge on any atom is -0.267 e. The molecule has 0 aliphatic rings. The molecule has 6 nitrogen and oxygen atoms in total. The number of nitro groups is 1. The number of non-ortho nitro benzene ring substituents is 1. The number of hydrogen-bond acceptors (Lipinski definition) is 5. The molecule has 0 unspecified atom stereocenters. The first-order chi connectivity index (χ1) is 12.0. The van der Waals surface area contributed by atoms with Crippen LogP contribution in [-0.2, 0) is 0 Å². The number of hydrogen-bond donors (Lipinski definition) is 0. The van der Waals surface area contributed by atoms with E-state index < -0.39 is 10.8 Å². The average Bonchev–Trinajstić information content (AvgIpc) is 3.06. The molecule has 3 rings (SSSR count). The molecule has 1 heterocycles. The SMILES string of the molecule is CSc1cc(-c2ccc(F)cc2)nn1C(=O)c1ccc([N+](=O)[O-])cc1. The molecular weight excluding hydrogens is 345 g/mol. The monoisotopic (exact) mass is 357 g/mol. The minimum atomic E-state index is -0.526. The molecule has 0 fully saturated rings. The van der Waals surface area contributed by atoms with Crippen molar-refractivity contribution in [3.63, 3.8) is 0 Å². The summed E-state index contributed by atoms with van der Waals surface area (Å²) in [6.45, 7) is 0. The lowest BCUT2D eigenvalue weighted by Crippen LogP contribution is -2.14. The number of carbonyl (C=O) groups excluding carboxylic acids is 1. The molecule has 25 heavy (non-hydrogen) atoms. The standard InChI is InChI=1S/C17H12FN3O3S/c1-25-16-10-15(11-2-6-13(18)7-3-11)19-20(16)17(22)12-4-8-14(9-5-12)21(23)24/h2-10H,1H3. The van der Waals surface area contributed by atoms with Gasteiger partial charge in [0.25, 0.3) is 11.6 Å². The lowest BCUT2D eigenvalue weighted by Gasteiger charge is -2.04. The van der Waals surface area contributed by atoms with Gasteiger partial charge in [-0.05, 0) is 48.7 Å². The molecule has 2 aromatic carbocycles. The van der Waals surface area contributed by atoms with Gasteiger partial charge in [0.1, 0.15) is 10.8 Å². The van der Waals surface area contributed by atoms with Crippen molar-refractivity contribution in [2.45, 2.75) is 5.03 Å². The van der Waals surface area contributed by atoms with Gasteiger partial charge in [0.05, 0.1) is 10.6 Å².